The second-order valence-corrected chi connectivity index (χ2v) is 7.86. The SMILES string of the molecule is O=C1[C@H](Cc2sccc2Br)NC(=O)C23CC(CCN12)C3. The monoisotopic (exact) mass is 354 g/mol. The first-order valence-electron chi connectivity index (χ1n) is 6.94. The lowest BCUT2D eigenvalue weighted by Crippen LogP contribution is -2.77. The zero-order valence-electron chi connectivity index (χ0n) is 10.9. The fraction of sp³-hybridized carbons (Fsp3) is 0.571. The van der Waals surface area contributed by atoms with Gasteiger partial charge in [0.15, 0.2) is 0 Å². The van der Waals surface area contributed by atoms with Crippen molar-refractivity contribution < 1.29 is 9.59 Å². The van der Waals surface area contributed by atoms with Crippen molar-refractivity contribution in [2.45, 2.75) is 37.3 Å². The summed E-state index contributed by atoms with van der Waals surface area (Å²) in [6, 6.07) is 1.58. The van der Waals surface area contributed by atoms with Crippen LogP contribution < -0.4 is 5.32 Å². The van der Waals surface area contributed by atoms with Crippen molar-refractivity contribution in [1.29, 1.82) is 0 Å². The third kappa shape index (κ3) is 1.64. The molecule has 1 N–H and O–H groups in total. The molecule has 2 amide bonds. The number of hydrogen-bond donors (Lipinski definition) is 1. The molecule has 20 heavy (non-hydrogen) atoms. The molecule has 1 spiro atoms. The van der Waals surface area contributed by atoms with Gasteiger partial charge < -0.3 is 10.2 Å². The molecule has 6 heteroatoms. The third-order valence-electron chi connectivity index (χ3n) is 4.90. The maximum atomic E-state index is 12.7. The lowest BCUT2D eigenvalue weighted by Gasteiger charge is -2.60. The van der Waals surface area contributed by atoms with Gasteiger partial charge in [0, 0.05) is 22.3 Å². The summed E-state index contributed by atoms with van der Waals surface area (Å²) in [5.74, 6) is 0.807. The van der Waals surface area contributed by atoms with Gasteiger partial charge in [-0.15, -0.1) is 11.3 Å². The van der Waals surface area contributed by atoms with Crippen molar-refractivity contribution in [1.82, 2.24) is 10.2 Å². The lowest BCUT2D eigenvalue weighted by atomic mass is 9.61. The molecule has 1 atom stereocenters. The Morgan fingerprint density at radius 2 is 2.25 bits per heavy atom. The van der Waals surface area contributed by atoms with Gasteiger partial charge in [0.05, 0.1) is 0 Å². The van der Waals surface area contributed by atoms with Crippen LogP contribution >= 0.6 is 27.3 Å². The highest BCUT2D eigenvalue weighted by atomic mass is 79.9. The van der Waals surface area contributed by atoms with Crippen LogP contribution in [0.25, 0.3) is 0 Å². The average molecular weight is 355 g/mol. The molecule has 5 rings (SSSR count). The summed E-state index contributed by atoms with van der Waals surface area (Å²) in [6.07, 6.45) is 3.36. The Bertz CT molecular complexity index is 594. The molecule has 2 bridgehead atoms. The summed E-state index contributed by atoms with van der Waals surface area (Å²) < 4.78 is 1.02. The molecule has 0 unspecified atom stereocenters. The zero-order chi connectivity index (χ0) is 13.9. The van der Waals surface area contributed by atoms with E-state index in [0.717, 1.165) is 35.2 Å². The van der Waals surface area contributed by atoms with E-state index in [0.29, 0.717) is 12.3 Å². The number of amides is 2. The van der Waals surface area contributed by atoms with Crippen LogP contribution in [-0.4, -0.2) is 34.8 Å². The van der Waals surface area contributed by atoms with E-state index in [-0.39, 0.29) is 11.8 Å². The molecule has 1 aliphatic carbocycles. The summed E-state index contributed by atoms with van der Waals surface area (Å²) >= 11 is 5.10. The van der Waals surface area contributed by atoms with Crippen LogP contribution in [0.5, 0.6) is 0 Å². The Morgan fingerprint density at radius 3 is 2.95 bits per heavy atom. The van der Waals surface area contributed by atoms with E-state index < -0.39 is 11.6 Å². The molecule has 1 aromatic rings. The highest BCUT2D eigenvalue weighted by molar-refractivity contribution is 9.10. The molecular weight excluding hydrogens is 340 g/mol. The number of halogens is 1. The van der Waals surface area contributed by atoms with Gasteiger partial charge in [0.1, 0.15) is 11.6 Å². The fourth-order valence-electron chi connectivity index (χ4n) is 3.81. The number of piperazine rings is 1. The number of carbonyl (C=O) groups is 2. The largest absolute Gasteiger partial charge is 0.342 e. The predicted octanol–water partition coefficient (Wildman–Crippen LogP) is 1.93. The van der Waals surface area contributed by atoms with E-state index in [9.17, 15) is 9.59 Å². The summed E-state index contributed by atoms with van der Waals surface area (Å²) in [5.41, 5.74) is -0.497. The van der Waals surface area contributed by atoms with E-state index in [1.165, 1.54) is 0 Å². The van der Waals surface area contributed by atoms with Crippen LogP contribution in [0, 0.1) is 5.92 Å². The Morgan fingerprint density at radius 1 is 1.45 bits per heavy atom. The first-order chi connectivity index (χ1) is 9.60. The van der Waals surface area contributed by atoms with E-state index in [4.69, 9.17) is 0 Å². The van der Waals surface area contributed by atoms with Gasteiger partial charge in [-0.1, -0.05) is 0 Å². The maximum absolute atomic E-state index is 12.7. The van der Waals surface area contributed by atoms with Gasteiger partial charge in [-0.05, 0) is 52.6 Å². The van der Waals surface area contributed by atoms with Crippen molar-refractivity contribution in [3.8, 4) is 0 Å². The molecule has 106 valence electrons. The van der Waals surface area contributed by atoms with E-state index in [2.05, 4.69) is 21.2 Å². The Labute approximate surface area is 129 Å². The highest BCUT2D eigenvalue weighted by Gasteiger charge is 2.61. The second-order valence-electron chi connectivity index (χ2n) is 6.01. The minimum Gasteiger partial charge on any atom is -0.342 e. The van der Waals surface area contributed by atoms with E-state index in [1.807, 2.05) is 16.3 Å². The minimum atomic E-state index is -0.497. The number of thiophene rings is 1. The maximum Gasteiger partial charge on any atom is 0.246 e. The first kappa shape index (κ1) is 12.8. The smallest absolute Gasteiger partial charge is 0.246 e. The summed E-state index contributed by atoms with van der Waals surface area (Å²) in [7, 11) is 0. The Hall–Kier alpha value is -0.880. The average Bonchev–Trinajstić information content (AvgIpc) is 2.80. The van der Waals surface area contributed by atoms with Crippen molar-refractivity contribution >= 4 is 39.1 Å². The van der Waals surface area contributed by atoms with Gasteiger partial charge in [0.2, 0.25) is 11.8 Å². The summed E-state index contributed by atoms with van der Waals surface area (Å²) in [6.45, 7) is 0.749. The Kier molecular flexibility index (Phi) is 2.76. The predicted molar refractivity (Wildman–Crippen MR) is 79.4 cm³/mol. The molecular formula is C14H15BrN2O2S. The molecule has 3 aliphatic heterocycles. The number of fused-ring (bicyclic) bond motifs is 1. The van der Waals surface area contributed by atoms with E-state index >= 15 is 0 Å². The molecule has 4 fully saturated rings. The normalized spacial score (nSPS) is 35.4. The van der Waals surface area contributed by atoms with Gasteiger partial charge in [-0.2, -0.15) is 0 Å². The van der Waals surface area contributed by atoms with Crippen LogP contribution in [0.1, 0.15) is 24.1 Å². The highest BCUT2D eigenvalue weighted by Crippen LogP contribution is 2.50. The number of nitrogens with zero attached hydrogens (tertiary/aromatic N) is 1. The standard InChI is InChI=1S/C14H15BrN2O2S/c15-9-2-4-20-11(9)5-10-12(18)17-3-1-8-6-14(17,7-8)13(19)16-10/h2,4,8,10H,1,3,5-7H2,(H,16,19)/t8?,10-,14?/m0/s1. The van der Waals surface area contributed by atoms with Gasteiger partial charge in [-0.3, -0.25) is 9.59 Å². The molecule has 4 heterocycles. The third-order valence-corrected chi connectivity index (χ3v) is 6.85. The van der Waals surface area contributed by atoms with Gasteiger partial charge in [-0.25, -0.2) is 0 Å². The fourth-order valence-corrected chi connectivity index (χ4v) is 5.37. The second kappa shape index (κ2) is 4.31. The van der Waals surface area contributed by atoms with Crippen LogP contribution in [0.2, 0.25) is 0 Å². The van der Waals surface area contributed by atoms with Crippen molar-refractivity contribution in [2.75, 3.05) is 6.54 Å². The topological polar surface area (TPSA) is 49.4 Å². The van der Waals surface area contributed by atoms with Crippen LogP contribution in [0.15, 0.2) is 15.9 Å². The number of rotatable bonds is 2. The molecule has 1 aromatic heterocycles. The van der Waals surface area contributed by atoms with E-state index in [1.54, 1.807) is 11.3 Å². The zero-order valence-corrected chi connectivity index (χ0v) is 13.3. The Balaban J connectivity index is 1.59. The van der Waals surface area contributed by atoms with Crippen LogP contribution in [-0.2, 0) is 16.0 Å². The molecule has 4 aliphatic rings. The number of nitrogens with one attached hydrogen (secondary N) is 1. The summed E-state index contributed by atoms with van der Waals surface area (Å²) in [5, 5.41) is 4.96. The number of carbonyl (C=O) groups excluding carboxylic acids is 2. The molecule has 1 saturated carbocycles. The molecule has 0 aromatic carbocycles. The number of piperidine rings is 2. The van der Waals surface area contributed by atoms with Crippen LogP contribution in [0.3, 0.4) is 0 Å². The number of hydrogen-bond acceptors (Lipinski definition) is 3. The minimum absolute atomic E-state index is 0.0609. The van der Waals surface area contributed by atoms with Crippen molar-refractivity contribution in [3.05, 3.63) is 20.8 Å². The van der Waals surface area contributed by atoms with Crippen LogP contribution in [0.4, 0.5) is 0 Å². The lowest BCUT2D eigenvalue weighted by molar-refractivity contribution is -0.176. The van der Waals surface area contributed by atoms with Gasteiger partial charge >= 0.3 is 0 Å². The van der Waals surface area contributed by atoms with Crippen molar-refractivity contribution in [2.24, 2.45) is 5.92 Å². The van der Waals surface area contributed by atoms with Crippen molar-refractivity contribution in [3.63, 3.8) is 0 Å². The summed E-state index contributed by atoms with van der Waals surface area (Å²) in [4.78, 5) is 28.1. The first-order valence-corrected chi connectivity index (χ1v) is 8.62. The quantitative estimate of drug-likeness (QED) is 0.882. The molecule has 0 radical (unpaired) electrons. The molecule has 3 saturated heterocycles. The molecule has 4 nitrogen and oxygen atoms in total. The van der Waals surface area contributed by atoms with Gasteiger partial charge in [0.25, 0.3) is 0 Å².